The summed E-state index contributed by atoms with van der Waals surface area (Å²) in [7, 11) is 0. The van der Waals surface area contributed by atoms with E-state index in [4.69, 9.17) is 10.8 Å². The zero-order valence-electron chi connectivity index (χ0n) is 32.8. The van der Waals surface area contributed by atoms with Crippen LogP contribution in [-0.2, 0) is 33.6 Å². The molecule has 0 aromatic rings. The molecule has 0 aliphatic rings. The third kappa shape index (κ3) is 29.5. The van der Waals surface area contributed by atoms with Crippen molar-refractivity contribution in [3.63, 3.8) is 0 Å². The first kappa shape index (κ1) is 51.6. The van der Waals surface area contributed by atoms with Crippen molar-refractivity contribution >= 4 is 41.1 Å². The highest BCUT2D eigenvalue weighted by molar-refractivity contribution is 5.91. The summed E-state index contributed by atoms with van der Waals surface area (Å²) >= 11 is 0. The summed E-state index contributed by atoms with van der Waals surface area (Å²) in [4.78, 5) is 82.4. The minimum atomic E-state index is -5.01. The molecule has 55 heavy (non-hydrogen) atoms. The van der Waals surface area contributed by atoms with Crippen LogP contribution in [0.5, 0.6) is 0 Å². The van der Waals surface area contributed by atoms with Gasteiger partial charge in [0.2, 0.25) is 11.8 Å². The number of hydrogen-bond donors (Lipinski definition) is 6. The molecule has 0 saturated carbocycles. The van der Waals surface area contributed by atoms with E-state index in [2.05, 4.69) is 10.6 Å². The van der Waals surface area contributed by atoms with E-state index in [0.29, 0.717) is 25.7 Å². The van der Waals surface area contributed by atoms with Crippen LogP contribution in [0.4, 0.5) is 13.2 Å². The van der Waals surface area contributed by atoms with Crippen LogP contribution in [0.15, 0.2) is 0 Å². The fourth-order valence-corrected chi connectivity index (χ4v) is 6.25. The van der Waals surface area contributed by atoms with Crippen molar-refractivity contribution in [1.82, 2.24) is 16.0 Å². The fourth-order valence-electron chi connectivity index (χ4n) is 6.25. The van der Waals surface area contributed by atoms with Crippen molar-refractivity contribution in [2.75, 3.05) is 19.6 Å². The minimum absolute atomic E-state index is 0.00548. The van der Waals surface area contributed by atoms with Crippen LogP contribution in [0.3, 0.4) is 0 Å². The number of ketones is 3. The van der Waals surface area contributed by atoms with Crippen LogP contribution < -0.4 is 21.7 Å². The fraction of sp³-hybridized carbons (Fsp3) is 0.821. The second-order valence-corrected chi connectivity index (χ2v) is 14.5. The first-order chi connectivity index (χ1) is 26.1. The van der Waals surface area contributed by atoms with Gasteiger partial charge in [-0.1, -0.05) is 89.9 Å². The van der Waals surface area contributed by atoms with Gasteiger partial charge in [0.15, 0.2) is 17.6 Å². The molecule has 318 valence electrons. The lowest BCUT2D eigenvalue weighted by Gasteiger charge is -2.22. The standard InChI is InChI=1S/C39H67F3N4O9/c1-29(47)46-37(39(40,41)42)34(50)28-45-32(33(49)27-43)21-18-19-25-44-35(51)24-23-30(38(54)55)26-31(48)20-16-14-12-10-8-6-4-2-3-5-7-9-11-13-15-17-22-36(52)53/h30,32,37,45H,2-28,43H2,1H3,(H,44,51)(H,46,47)(H,52,53)(H,54,55)/t30-,32+,37-/m1/s1. The van der Waals surface area contributed by atoms with Gasteiger partial charge in [-0.2, -0.15) is 13.2 Å². The van der Waals surface area contributed by atoms with Crippen LogP contribution in [0.25, 0.3) is 0 Å². The second kappa shape index (κ2) is 31.8. The van der Waals surface area contributed by atoms with Crippen molar-refractivity contribution in [2.45, 2.75) is 179 Å². The monoisotopic (exact) mass is 792 g/mol. The maximum absolute atomic E-state index is 13.2. The molecular formula is C39H67F3N4O9. The van der Waals surface area contributed by atoms with Gasteiger partial charge < -0.3 is 31.9 Å². The first-order valence-electron chi connectivity index (χ1n) is 20.1. The number of carbonyl (C=O) groups is 7. The van der Waals surface area contributed by atoms with Crippen molar-refractivity contribution in [2.24, 2.45) is 11.7 Å². The Bertz CT molecular complexity index is 1150. The van der Waals surface area contributed by atoms with E-state index in [1.165, 1.54) is 51.4 Å². The molecule has 0 rings (SSSR count). The van der Waals surface area contributed by atoms with Crippen LogP contribution in [0.1, 0.15) is 161 Å². The van der Waals surface area contributed by atoms with Crippen molar-refractivity contribution in [3.8, 4) is 0 Å². The second-order valence-electron chi connectivity index (χ2n) is 14.5. The van der Waals surface area contributed by atoms with Gasteiger partial charge in [0.05, 0.1) is 25.0 Å². The number of unbranched alkanes of at least 4 members (excludes halogenated alkanes) is 16. The number of halogens is 3. The predicted molar refractivity (Wildman–Crippen MR) is 202 cm³/mol. The summed E-state index contributed by atoms with van der Waals surface area (Å²) in [5.41, 5.74) is 5.40. The molecule has 0 bridgehead atoms. The third-order valence-electron chi connectivity index (χ3n) is 9.49. The van der Waals surface area contributed by atoms with Gasteiger partial charge in [0.25, 0.3) is 0 Å². The largest absolute Gasteiger partial charge is 0.481 e. The molecular weight excluding hydrogens is 725 g/mol. The molecule has 0 unspecified atom stereocenters. The Morgan fingerprint density at radius 3 is 1.56 bits per heavy atom. The van der Waals surface area contributed by atoms with E-state index in [-0.39, 0.29) is 44.4 Å². The smallest absolute Gasteiger partial charge is 0.415 e. The highest BCUT2D eigenvalue weighted by Gasteiger charge is 2.45. The molecule has 0 aromatic heterocycles. The van der Waals surface area contributed by atoms with Gasteiger partial charge in [-0.15, -0.1) is 0 Å². The van der Waals surface area contributed by atoms with Crippen LogP contribution in [0.2, 0.25) is 0 Å². The van der Waals surface area contributed by atoms with Crippen LogP contribution in [-0.4, -0.2) is 89.2 Å². The Balaban J connectivity index is 4.11. The zero-order valence-corrected chi connectivity index (χ0v) is 32.8. The van der Waals surface area contributed by atoms with Gasteiger partial charge in [-0.05, 0) is 38.5 Å². The maximum atomic E-state index is 13.2. The normalized spacial score (nSPS) is 13.1. The lowest BCUT2D eigenvalue weighted by Crippen LogP contribution is -2.54. The number of nitrogens with two attached hydrogens (primary N) is 1. The van der Waals surface area contributed by atoms with E-state index >= 15 is 0 Å². The lowest BCUT2D eigenvalue weighted by atomic mass is 9.94. The topological polar surface area (TPSA) is 222 Å². The summed E-state index contributed by atoms with van der Waals surface area (Å²) in [6.07, 6.45) is 13.9. The molecule has 3 atom stereocenters. The molecule has 13 nitrogen and oxygen atoms in total. The Morgan fingerprint density at radius 2 is 1.13 bits per heavy atom. The molecule has 0 spiro atoms. The number of aliphatic carboxylic acids is 2. The van der Waals surface area contributed by atoms with Crippen molar-refractivity contribution < 1.29 is 56.9 Å². The molecule has 7 N–H and O–H groups in total. The minimum Gasteiger partial charge on any atom is -0.481 e. The maximum Gasteiger partial charge on any atom is 0.415 e. The van der Waals surface area contributed by atoms with E-state index in [1.54, 1.807) is 5.32 Å². The predicted octanol–water partition coefficient (Wildman–Crippen LogP) is 5.94. The van der Waals surface area contributed by atoms with Gasteiger partial charge in [-0.3, -0.25) is 33.6 Å². The number of carboxylic acid groups (broad SMARTS) is 2. The summed E-state index contributed by atoms with van der Waals surface area (Å²) < 4.78 is 39.5. The molecule has 0 aliphatic heterocycles. The van der Waals surface area contributed by atoms with Gasteiger partial charge >= 0.3 is 18.1 Å². The SMILES string of the molecule is CC(=O)N[C@H](C(=O)CN[C@@H](CCCCNC(=O)CC[C@H](CC(=O)CCCCCCCCCCCCCCCCCCC(=O)O)C(=O)O)C(=O)CN)C(F)(F)F. The molecule has 16 heteroatoms. The average molecular weight is 793 g/mol. The highest BCUT2D eigenvalue weighted by Crippen LogP contribution is 2.21. The molecule has 0 fully saturated rings. The van der Waals surface area contributed by atoms with E-state index in [9.17, 15) is 51.8 Å². The Morgan fingerprint density at radius 1 is 0.636 bits per heavy atom. The Hall–Kier alpha value is -3.40. The number of amides is 2. The summed E-state index contributed by atoms with van der Waals surface area (Å²) in [6.45, 7) is -0.189. The van der Waals surface area contributed by atoms with E-state index in [0.717, 1.165) is 51.9 Å². The number of carbonyl (C=O) groups excluding carboxylic acids is 5. The van der Waals surface area contributed by atoms with Gasteiger partial charge in [-0.25, -0.2) is 0 Å². The van der Waals surface area contributed by atoms with Crippen LogP contribution >= 0.6 is 0 Å². The number of carboxylic acids is 2. The zero-order chi connectivity index (χ0) is 41.5. The molecule has 0 saturated heterocycles. The van der Waals surface area contributed by atoms with E-state index in [1.807, 2.05) is 0 Å². The van der Waals surface area contributed by atoms with Gasteiger partial charge in [0, 0.05) is 39.2 Å². The Labute approximate surface area is 324 Å². The number of nitrogens with one attached hydrogen (secondary N) is 3. The van der Waals surface area contributed by atoms with E-state index < -0.39 is 72.6 Å². The number of alkyl halides is 3. The quantitative estimate of drug-likeness (QED) is 0.0404. The number of Topliss-reactive ketones (excluding diaryl/α,β-unsaturated/α-hetero) is 3. The summed E-state index contributed by atoms with van der Waals surface area (Å²) in [5, 5.41) is 24.9. The average Bonchev–Trinajstić information content (AvgIpc) is 3.11. The van der Waals surface area contributed by atoms with Crippen molar-refractivity contribution in [3.05, 3.63) is 0 Å². The Kier molecular flexibility index (Phi) is 29.8. The molecule has 0 heterocycles. The lowest BCUT2D eigenvalue weighted by molar-refractivity contribution is -0.169. The highest BCUT2D eigenvalue weighted by atomic mass is 19.4. The summed E-state index contributed by atoms with van der Waals surface area (Å²) in [6, 6.07) is -3.72. The van der Waals surface area contributed by atoms with Crippen LogP contribution in [0, 0.1) is 5.92 Å². The first-order valence-corrected chi connectivity index (χ1v) is 20.1. The molecule has 0 aromatic carbocycles. The molecule has 0 aliphatic carbocycles. The number of rotatable bonds is 37. The molecule has 0 radical (unpaired) electrons. The number of hydrogen-bond acceptors (Lipinski definition) is 9. The third-order valence-corrected chi connectivity index (χ3v) is 9.49. The van der Waals surface area contributed by atoms with Gasteiger partial charge in [0.1, 0.15) is 5.78 Å². The summed E-state index contributed by atoms with van der Waals surface area (Å²) in [5.74, 6) is -6.26. The van der Waals surface area contributed by atoms with Crippen molar-refractivity contribution in [1.29, 1.82) is 0 Å². The molecule has 2 amide bonds.